The van der Waals surface area contributed by atoms with Gasteiger partial charge in [-0.15, -0.1) is 0 Å². The van der Waals surface area contributed by atoms with Crippen LogP contribution in [0, 0.1) is 5.92 Å². The summed E-state index contributed by atoms with van der Waals surface area (Å²) in [6.45, 7) is 0. The van der Waals surface area contributed by atoms with Crippen LogP contribution in [-0.4, -0.2) is 10.8 Å². The summed E-state index contributed by atoms with van der Waals surface area (Å²) in [6, 6.07) is 9.57. The first kappa shape index (κ1) is 12.4. The van der Waals surface area contributed by atoms with Crippen LogP contribution in [0.15, 0.2) is 42.7 Å². The van der Waals surface area contributed by atoms with Crippen molar-refractivity contribution in [3.63, 3.8) is 0 Å². The van der Waals surface area contributed by atoms with Gasteiger partial charge >= 0.3 is 0 Å². The summed E-state index contributed by atoms with van der Waals surface area (Å²) in [7, 11) is 0. The molecule has 2 aromatic rings. The molecule has 3 heteroatoms. The number of carbonyl (C=O) groups excluding carboxylic acids is 1. The van der Waals surface area contributed by atoms with E-state index < -0.39 is 0 Å². The number of nitrogens with zero attached hydrogens (tertiary/aromatic N) is 1. The Kier molecular flexibility index (Phi) is 3.34. The third-order valence-electron chi connectivity index (χ3n) is 3.73. The molecule has 0 bridgehead atoms. The number of Topliss-reactive ketones (excluding diaryl/α,β-unsaturated/α-hetero) is 1. The molecule has 1 aliphatic carbocycles. The van der Waals surface area contributed by atoms with E-state index in [0.29, 0.717) is 5.02 Å². The highest BCUT2D eigenvalue weighted by Gasteiger charge is 2.25. The molecule has 0 amide bonds. The Hall–Kier alpha value is -1.67. The second-order valence-electron chi connectivity index (χ2n) is 4.92. The lowest BCUT2D eigenvalue weighted by molar-refractivity contribution is 0.0855. The Morgan fingerprint density at radius 3 is 2.47 bits per heavy atom. The van der Waals surface area contributed by atoms with Crippen molar-refractivity contribution in [3.05, 3.63) is 53.3 Å². The molecule has 2 nitrogen and oxygen atoms in total. The number of aromatic nitrogens is 1. The minimum Gasteiger partial charge on any atom is -0.294 e. The van der Waals surface area contributed by atoms with Crippen LogP contribution >= 0.6 is 11.6 Å². The van der Waals surface area contributed by atoms with Gasteiger partial charge in [-0.3, -0.25) is 9.78 Å². The minimum absolute atomic E-state index is 0.246. The second-order valence-corrected chi connectivity index (χ2v) is 5.33. The lowest BCUT2D eigenvalue weighted by Gasteiger charge is -2.23. The van der Waals surface area contributed by atoms with Gasteiger partial charge < -0.3 is 0 Å². The lowest BCUT2D eigenvalue weighted by Crippen LogP contribution is -2.21. The molecule has 0 saturated heterocycles. The molecule has 0 aliphatic heterocycles. The fourth-order valence-electron chi connectivity index (χ4n) is 2.33. The Bertz CT molecular complexity index is 602. The van der Waals surface area contributed by atoms with Crippen LogP contribution in [-0.2, 0) is 0 Å². The lowest BCUT2D eigenvalue weighted by atomic mass is 9.80. The molecule has 1 aromatic carbocycles. The van der Waals surface area contributed by atoms with Gasteiger partial charge in [0.15, 0.2) is 5.78 Å². The molecule has 1 fully saturated rings. The number of hydrogen-bond acceptors (Lipinski definition) is 2. The highest BCUT2D eigenvalue weighted by molar-refractivity contribution is 6.33. The predicted molar refractivity (Wildman–Crippen MR) is 76.4 cm³/mol. The Balaban J connectivity index is 1.86. The molecule has 19 heavy (non-hydrogen) atoms. The van der Waals surface area contributed by atoms with E-state index in [2.05, 4.69) is 4.98 Å². The number of carbonyl (C=O) groups is 1. The summed E-state index contributed by atoms with van der Waals surface area (Å²) in [4.78, 5) is 16.1. The largest absolute Gasteiger partial charge is 0.294 e. The number of halogens is 1. The molecule has 0 N–H and O–H groups in total. The van der Waals surface area contributed by atoms with Crippen molar-refractivity contribution in [1.82, 2.24) is 4.98 Å². The predicted octanol–water partition coefficient (Wildman–Crippen LogP) is 4.38. The van der Waals surface area contributed by atoms with Gasteiger partial charge in [0.25, 0.3) is 0 Å². The van der Waals surface area contributed by atoms with E-state index in [1.807, 2.05) is 30.3 Å². The Morgan fingerprint density at radius 1 is 1.16 bits per heavy atom. The van der Waals surface area contributed by atoms with Gasteiger partial charge in [0.05, 0.1) is 5.02 Å². The van der Waals surface area contributed by atoms with Crippen LogP contribution < -0.4 is 0 Å². The molecule has 0 radical (unpaired) electrons. The summed E-state index contributed by atoms with van der Waals surface area (Å²) in [5.74, 6) is 0.522. The van der Waals surface area contributed by atoms with Crippen LogP contribution in [0.25, 0.3) is 11.1 Å². The van der Waals surface area contributed by atoms with Crippen molar-refractivity contribution in [3.8, 4) is 11.1 Å². The number of rotatable bonds is 3. The zero-order valence-electron chi connectivity index (χ0n) is 10.5. The molecule has 1 aromatic heterocycles. The maximum Gasteiger partial charge on any atom is 0.165 e. The third-order valence-corrected chi connectivity index (χ3v) is 4.03. The molecule has 1 aliphatic rings. The minimum atomic E-state index is 0.246. The molecular weight excluding hydrogens is 258 g/mol. The van der Waals surface area contributed by atoms with Gasteiger partial charge in [-0.1, -0.05) is 42.3 Å². The van der Waals surface area contributed by atoms with Crippen LogP contribution in [0.3, 0.4) is 0 Å². The van der Waals surface area contributed by atoms with Crippen molar-refractivity contribution in [2.24, 2.45) is 5.92 Å². The van der Waals surface area contributed by atoms with Crippen LogP contribution in [0.5, 0.6) is 0 Å². The average molecular weight is 272 g/mol. The standard InChI is InChI=1S/C16H14ClNO/c17-15-10-18-9-8-14(15)11-4-6-13(7-5-11)16(19)12-2-1-3-12/h4-10,12H,1-3H2. The fourth-order valence-corrected chi connectivity index (χ4v) is 2.56. The number of hydrogen-bond donors (Lipinski definition) is 0. The maximum atomic E-state index is 12.1. The topological polar surface area (TPSA) is 30.0 Å². The summed E-state index contributed by atoms with van der Waals surface area (Å²) < 4.78 is 0. The van der Waals surface area contributed by atoms with E-state index in [0.717, 1.165) is 29.5 Å². The van der Waals surface area contributed by atoms with Crippen molar-refractivity contribution < 1.29 is 4.79 Å². The SMILES string of the molecule is O=C(c1ccc(-c2ccncc2Cl)cc1)C1CCC1. The van der Waals surface area contributed by atoms with E-state index in [9.17, 15) is 4.79 Å². The van der Waals surface area contributed by atoms with Crippen LogP contribution in [0.2, 0.25) is 5.02 Å². The van der Waals surface area contributed by atoms with Gasteiger partial charge in [0.2, 0.25) is 0 Å². The first-order valence-corrected chi connectivity index (χ1v) is 6.87. The van der Waals surface area contributed by atoms with Gasteiger partial charge in [0, 0.05) is 29.4 Å². The molecule has 0 spiro atoms. The number of ketones is 1. The van der Waals surface area contributed by atoms with E-state index in [1.54, 1.807) is 12.4 Å². The van der Waals surface area contributed by atoms with Crippen molar-refractivity contribution in [2.45, 2.75) is 19.3 Å². The quantitative estimate of drug-likeness (QED) is 0.775. The third kappa shape index (κ3) is 2.41. The highest BCUT2D eigenvalue weighted by Crippen LogP contribution is 2.31. The summed E-state index contributed by atoms with van der Waals surface area (Å²) in [5, 5.41) is 0.626. The van der Waals surface area contributed by atoms with Crippen LogP contribution in [0.1, 0.15) is 29.6 Å². The smallest absolute Gasteiger partial charge is 0.165 e. The Morgan fingerprint density at radius 2 is 1.89 bits per heavy atom. The molecule has 0 atom stereocenters. The fraction of sp³-hybridized carbons (Fsp3) is 0.250. The van der Waals surface area contributed by atoms with Gasteiger partial charge in [-0.2, -0.15) is 0 Å². The van der Waals surface area contributed by atoms with Gasteiger partial charge in [-0.05, 0) is 24.5 Å². The Labute approximate surface area is 117 Å². The van der Waals surface area contributed by atoms with Gasteiger partial charge in [-0.25, -0.2) is 0 Å². The second kappa shape index (κ2) is 5.14. The van der Waals surface area contributed by atoms with Gasteiger partial charge in [0.1, 0.15) is 0 Å². The number of pyridine rings is 1. The number of benzene rings is 1. The molecule has 1 saturated carbocycles. The molecule has 3 rings (SSSR count). The van der Waals surface area contributed by atoms with Crippen molar-refractivity contribution >= 4 is 17.4 Å². The first-order chi connectivity index (χ1) is 9.25. The monoisotopic (exact) mass is 271 g/mol. The van der Waals surface area contributed by atoms with Crippen LogP contribution in [0.4, 0.5) is 0 Å². The van der Waals surface area contributed by atoms with E-state index in [1.165, 1.54) is 6.42 Å². The normalized spacial score (nSPS) is 15.0. The zero-order chi connectivity index (χ0) is 13.2. The van der Waals surface area contributed by atoms with E-state index >= 15 is 0 Å². The summed E-state index contributed by atoms with van der Waals surface area (Å²) in [6.07, 6.45) is 6.60. The molecule has 96 valence electrons. The molecule has 0 unspecified atom stereocenters. The van der Waals surface area contributed by atoms with Crippen molar-refractivity contribution in [1.29, 1.82) is 0 Å². The summed E-state index contributed by atoms with van der Waals surface area (Å²) in [5.41, 5.74) is 2.76. The summed E-state index contributed by atoms with van der Waals surface area (Å²) >= 11 is 6.11. The molecular formula is C16H14ClNO. The van der Waals surface area contributed by atoms with E-state index in [-0.39, 0.29) is 11.7 Å². The average Bonchev–Trinajstić information content (AvgIpc) is 2.37. The molecule has 1 heterocycles. The first-order valence-electron chi connectivity index (χ1n) is 6.50. The maximum absolute atomic E-state index is 12.1. The van der Waals surface area contributed by atoms with E-state index in [4.69, 9.17) is 11.6 Å². The zero-order valence-corrected chi connectivity index (χ0v) is 11.2. The van der Waals surface area contributed by atoms with Crippen molar-refractivity contribution in [2.75, 3.05) is 0 Å². The highest BCUT2D eigenvalue weighted by atomic mass is 35.5.